The molecule has 0 atom stereocenters. The normalized spacial score (nSPS) is 19.6. The fraction of sp³-hybridized carbons (Fsp3) is 0.682. The molecule has 0 unspecified atom stereocenters. The van der Waals surface area contributed by atoms with Gasteiger partial charge >= 0.3 is 0 Å². The average Bonchev–Trinajstić information content (AvgIpc) is 2.72. The maximum atomic E-state index is 12.2. The number of nitrogens with zero attached hydrogens (tertiary/aromatic N) is 1. The summed E-state index contributed by atoms with van der Waals surface area (Å²) in [6, 6.07) is 3.78. The number of Topliss-reactive ketones (excluding diaryl/α,β-unsaturated/α-hetero) is 1. The van der Waals surface area contributed by atoms with E-state index in [4.69, 9.17) is 9.47 Å². The summed E-state index contributed by atoms with van der Waals surface area (Å²) in [6.07, 6.45) is 6.59. The van der Waals surface area contributed by atoms with E-state index in [1.54, 1.807) is 12.3 Å². The fourth-order valence-corrected chi connectivity index (χ4v) is 3.59. The van der Waals surface area contributed by atoms with Crippen molar-refractivity contribution in [2.24, 2.45) is 5.92 Å². The molecule has 0 spiro atoms. The number of amides is 1. The van der Waals surface area contributed by atoms with Gasteiger partial charge in [0, 0.05) is 26.5 Å². The minimum Gasteiger partial charge on any atom is -0.377 e. The molecule has 1 amide bonds. The van der Waals surface area contributed by atoms with Crippen molar-refractivity contribution in [3.05, 3.63) is 29.6 Å². The Bertz CT molecular complexity index is 614. The highest BCUT2D eigenvalue weighted by atomic mass is 16.5. The van der Waals surface area contributed by atoms with Gasteiger partial charge in [0.1, 0.15) is 11.5 Å². The van der Waals surface area contributed by atoms with Crippen LogP contribution in [0.25, 0.3) is 0 Å². The molecule has 6 heteroatoms. The molecule has 28 heavy (non-hydrogen) atoms. The molecular formula is C22H36N2O4. The smallest absolute Gasteiger partial charge is 0.269 e. The molecule has 1 aromatic heterocycles. The molecular weight excluding hydrogens is 356 g/mol. The lowest BCUT2D eigenvalue weighted by molar-refractivity contribution is -0.123. The topological polar surface area (TPSA) is 77.5 Å². The number of rotatable bonds is 11. The van der Waals surface area contributed by atoms with E-state index in [2.05, 4.69) is 10.3 Å². The Morgan fingerprint density at radius 1 is 1.18 bits per heavy atom. The monoisotopic (exact) mass is 392 g/mol. The zero-order valence-electron chi connectivity index (χ0n) is 17.4. The van der Waals surface area contributed by atoms with Crippen LogP contribution < -0.4 is 5.32 Å². The zero-order chi connectivity index (χ0) is 20.4. The fourth-order valence-electron chi connectivity index (χ4n) is 3.59. The lowest BCUT2D eigenvalue weighted by atomic mass is 9.77. The molecule has 0 bridgehead atoms. The number of carbonyl (C=O) groups excluding carboxylic acids is 2. The van der Waals surface area contributed by atoms with Gasteiger partial charge in [-0.05, 0) is 57.1 Å². The average molecular weight is 393 g/mol. The first-order valence-corrected chi connectivity index (χ1v) is 10.5. The molecule has 2 rings (SSSR count). The summed E-state index contributed by atoms with van der Waals surface area (Å²) in [6.45, 7) is 7.88. The minimum absolute atomic E-state index is 0. The van der Waals surface area contributed by atoms with E-state index in [1.165, 1.54) is 0 Å². The predicted octanol–water partition coefficient (Wildman–Crippen LogP) is 3.75. The maximum absolute atomic E-state index is 12.2. The maximum Gasteiger partial charge on any atom is 0.269 e. The molecule has 0 radical (unpaired) electrons. The molecule has 1 heterocycles. The van der Waals surface area contributed by atoms with E-state index < -0.39 is 0 Å². The van der Waals surface area contributed by atoms with Crippen LogP contribution in [-0.4, -0.2) is 49.1 Å². The van der Waals surface area contributed by atoms with E-state index in [0.29, 0.717) is 50.2 Å². The number of pyridine rings is 1. The highest BCUT2D eigenvalue weighted by Gasteiger charge is 2.26. The van der Waals surface area contributed by atoms with E-state index in [9.17, 15) is 9.59 Å². The van der Waals surface area contributed by atoms with Crippen LogP contribution in [-0.2, 0) is 14.3 Å². The largest absolute Gasteiger partial charge is 0.377 e. The first kappa shape index (κ1) is 22.5. The van der Waals surface area contributed by atoms with E-state index in [-0.39, 0.29) is 19.4 Å². The molecule has 1 aliphatic rings. The van der Waals surface area contributed by atoms with E-state index in [0.717, 1.165) is 31.2 Å². The van der Waals surface area contributed by atoms with Crippen LogP contribution in [0.1, 0.15) is 76.3 Å². The Labute approximate surface area is 169 Å². The van der Waals surface area contributed by atoms with Crippen molar-refractivity contribution >= 4 is 11.7 Å². The Hall–Kier alpha value is -1.79. The van der Waals surface area contributed by atoms with E-state index in [1.807, 2.05) is 26.8 Å². The summed E-state index contributed by atoms with van der Waals surface area (Å²) in [5, 5.41) is 2.82. The molecule has 1 fully saturated rings. The number of hydrogen-bond donors (Lipinski definition) is 1. The quantitative estimate of drug-likeness (QED) is 0.580. The van der Waals surface area contributed by atoms with Gasteiger partial charge in [-0.2, -0.15) is 0 Å². The highest BCUT2D eigenvalue weighted by Crippen LogP contribution is 2.36. The van der Waals surface area contributed by atoms with Crippen LogP contribution in [0.15, 0.2) is 18.3 Å². The second-order valence-electron chi connectivity index (χ2n) is 7.63. The third-order valence-electron chi connectivity index (χ3n) is 5.23. The number of hydrogen-bond acceptors (Lipinski definition) is 5. The lowest BCUT2D eigenvalue weighted by Crippen LogP contribution is -2.28. The summed E-state index contributed by atoms with van der Waals surface area (Å²) in [5.74, 6) is 0.872. The molecule has 1 aliphatic carbocycles. The number of ether oxygens (including phenoxy) is 2. The predicted molar refractivity (Wildman–Crippen MR) is 111 cm³/mol. The van der Waals surface area contributed by atoms with Gasteiger partial charge in [0.2, 0.25) is 0 Å². The number of nitrogens with one attached hydrogen (secondary N) is 1. The van der Waals surface area contributed by atoms with Crippen LogP contribution >= 0.6 is 0 Å². The molecule has 1 N–H and O–H groups in total. The second kappa shape index (κ2) is 11.9. The molecule has 0 saturated heterocycles. The van der Waals surface area contributed by atoms with Crippen molar-refractivity contribution < 1.29 is 20.5 Å². The third-order valence-corrected chi connectivity index (χ3v) is 5.23. The van der Waals surface area contributed by atoms with Gasteiger partial charge in [0.05, 0.1) is 25.9 Å². The molecule has 0 aromatic carbocycles. The van der Waals surface area contributed by atoms with Gasteiger partial charge in [0.15, 0.2) is 0 Å². The van der Waals surface area contributed by atoms with E-state index >= 15 is 0 Å². The lowest BCUT2D eigenvalue weighted by Gasteiger charge is -2.27. The van der Waals surface area contributed by atoms with Crippen LogP contribution in [0, 0.1) is 5.92 Å². The Morgan fingerprint density at radius 3 is 2.54 bits per heavy atom. The summed E-state index contributed by atoms with van der Waals surface area (Å²) in [4.78, 5) is 28.3. The first-order chi connectivity index (χ1) is 13.5. The molecule has 1 aromatic rings. The van der Waals surface area contributed by atoms with Crippen molar-refractivity contribution in [2.45, 2.75) is 64.9 Å². The van der Waals surface area contributed by atoms with Crippen molar-refractivity contribution in [1.82, 2.24) is 10.3 Å². The van der Waals surface area contributed by atoms with Gasteiger partial charge < -0.3 is 14.8 Å². The Kier molecular flexibility index (Phi) is 9.58. The molecule has 0 aliphatic heterocycles. The van der Waals surface area contributed by atoms with Gasteiger partial charge in [-0.3, -0.25) is 14.6 Å². The third kappa shape index (κ3) is 7.32. The number of carbonyl (C=O) groups is 2. The van der Waals surface area contributed by atoms with Gasteiger partial charge in [-0.15, -0.1) is 0 Å². The molecule has 1 saturated carbocycles. The van der Waals surface area contributed by atoms with Crippen molar-refractivity contribution in [2.75, 3.05) is 26.4 Å². The van der Waals surface area contributed by atoms with Crippen molar-refractivity contribution in [3.63, 3.8) is 0 Å². The minimum atomic E-state index is -0.189. The van der Waals surface area contributed by atoms with Gasteiger partial charge in [0.25, 0.3) is 5.91 Å². The summed E-state index contributed by atoms with van der Waals surface area (Å²) >= 11 is 0. The van der Waals surface area contributed by atoms with Gasteiger partial charge in [-0.1, -0.05) is 13.0 Å². The van der Waals surface area contributed by atoms with Crippen LogP contribution in [0.2, 0.25) is 0 Å². The molecule has 6 nitrogen and oxygen atoms in total. The Morgan fingerprint density at radius 2 is 1.93 bits per heavy atom. The van der Waals surface area contributed by atoms with Gasteiger partial charge in [-0.25, -0.2) is 0 Å². The summed E-state index contributed by atoms with van der Waals surface area (Å²) in [7, 11) is 0. The zero-order valence-corrected chi connectivity index (χ0v) is 17.4. The van der Waals surface area contributed by atoms with Crippen LogP contribution in [0.5, 0.6) is 0 Å². The SMILES string of the molecule is CCC(=O)C1CCC(c2ccc(C(=O)NCCOCCOC(C)C)nc2)CC1.[HH]. The highest BCUT2D eigenvalue weighted by molar-refractivity contribution is 5.92. The number of ketones is 1. The number of aromatic nitrogens is 1. The Balaban J connectivity index is 0.00000420. The van der Waals surface area contributed by atoms with Crippen LogP contribution in [0.4, 0.5) is 0 Å². The molecule has 158 valence electrons. The summed E-state index contributed by atoms with van der Waals surface area (Å²) < 4.78 is 10.8. The standard InChI is InChI=1S/C22H34N2O4.H2/c1-4-21(25)18-7-5-17(6-8-18)19-9-10-20(24-15-19)22(26)23-11-12-27-13-14-28-16(2)3;/h9-10,15-18H,4-8,11-14H2,1-3H3,(H,23,26);1H. The first-order valence-electron chi connectivity index (χ1n) is 10.5. The van der Waals surface area contributed by atoms with Crippen molar-refractivity contribution in [3.8, 4) is 0 Å². The van der Waals surface area contributed by atoms with Crippen molar-refractivity contribution in [1.29, 1.82) is 0 Å². The second-order valence-corrected chi connectivity index (χ2v) is 7.63. The van der Waals surface area contributed by atoms with Crippen LogP contribution in [0.3, 0.4) is 0 Å². The summed E-state index contributed by atoms with van der Waals surface area (Å²) in [5.41, 5.74) is 1.58.